The molecule has 8 nitrogen and oxygen atoms in total. The molecule has 0 aliphatic rings. The van der Waals surface area contributed by atoms with Gasteiger partial charge in [0.1, 0.15) is 18.1 Å². The molecule has 35 heavy (non-hydrogen) atoms. The van der Waals surface area contributed by atoms with Gasteiger partial charge in [0.05, 0.1) is 31.4 Å². The zero-order valence-corrected chi connectivity index (χ0v) is 18.9. The van der Waals surface area contributed by atoms with Crippen LogP contribution in [0.3, 0.4) is 0 Å². The van der Waals surface area contributed by atoms with Crippen molar-refractivity contribution in [2.24, 2.45) is 0 Å². The Morgan fingerprint density at radius 1 is 1.14 bits per heavy atom. The van der Waals surface area contributed by atoms with Gasteiger partial charge < -0.3 is 18.9 Å². The van der Waals surface area contributed by atoms with Crippen molar-refractivity contribution in [3.8, 4) is 17.2 Å². The summed E-state index contributed by atoms with van der Waals surface area (Å²) in [5, 5.41) is 0.301. The number of hydrogen-bond donors (Lipinski definition) is 0. The van der Waals surface area contributed by atoms with Crippen molar-refractivity contribution >= 4 is 18.0 Å². The number of aromatic nitrogens is 2. The summed E-state index contributed by atoms with van der Waals surface area (Å²) in [4.78, 5) is 32.3. The van der Waals surface area contributed by atoms with Crippen LogP contribution in [0.1, 0.15) is 11.3 Å². The third-order valence-electron chi connectivity index (χ3n) is 4.59. The summed E-state index contributed by atoms with van der Waals surface area (Å²) in [6.45, 7) is 1.21. The number of carbonyl (C=O) groups is 2. The minimum atomic E-state index is -5.27. The van der Waals surface area contributed by atoms with Gasteiger partial charge in [-0.15, -0.1) is 0 Å². The molecule has 0 aliphatic carbocycles. The van der Waals surface area contributed by atoms with Crippen molar-refractivity contribution in [3.63, 3.8) is 0 Å². The third-order valence-corrected chi connectivity index (χ3v) is 4.59. The van der Waals surface area contributed by atoms with Crippen molar-refractivity contribution in [2.75, 3.05) is 20.3 Å². The van der Waals surface area contributed by atoms with Crippen LogP contribution in [0.2, 0.25) is 0 Å². The van der Waals surface area contributed by atoms with Crippen molar-refractivity contribution in [3.05, 3.63) is 78.4 Å². The molecule has 0 N–H and O–H groups in total. The molecule has 0 atom stereocenters. The number of carbonyl (C=O) groups excluding carboxylic acids is 2. The third kappa shape index (κ3) is 7.10. The maximum Gasteiger partial charge on any atom is 0.493 e. The van der Waals surface area contributed by atoms with E-state index in [1.807, 2.05) is 6.92 Å². The second kappa shape index (κ2) is 11.2. The number of methoxy groups -OCH3 is 1. The number of amides is 1. The average Bonchev–Trinajstić information content (AvgIpc) is 3.27. The van der Waals surface area contributed by atoms with Crippen molar-refractivity contribution in [1.82, 2.24) is 14.6 Å². The molecule has 1 heterocycles. The largest absolute Gasteiger partial charge is 0.495 e. The van der Waals surface area contributed by atoms with Crippen LogP contribution in [0.15, 0.2) is 67.1 Å². The van der Waals surface area contributed by atoms with Crippen LogP contribution < -0.4 is 9.47 Å². The summed E-state index contributed by atoms with van der Waals surface area (Å²) >= 11 is 0. The molecule has 2 aromatic carbocycles. The molecule has 0 fully saturated rings. The number of benzene rings is 2. The molecular weight excluding hydrogens is 467 g/mol. The Morgan fingerprint density at radius 2 is 1.89 bits per heavy atom. The highest BCUT2D eigenvalue weighted by Crippen LogP contribution is 2.25. The second-order valence-corrected chi connectivity index (χ2v) is 7.17. The van der Waals surface area contributed by atoms with E-state index in [1.165, 1.54) is 13.2 Å². The Bertz CT molecular complexity index is 1190. The predicted molar refractivity (Wildman–Crippen MR) is 120 cm³/mol. The molecule has 0 unspecified atom stereocenters. The highest BCUT2D eigenvalue weighted by molar-refractivity contribution is 5.92. The fourth-order valence-corrected chi connectivity index (χ4v) is 2.93. The van der Waals surface area contributed by atoms with Crippen LogP contribution in [-0.4, -0.2) is 52.9 Å². The van der Waals surface area contributed by atoms with E-state index < -0.39 is 24.6 Å². The lowest BCUT2D eigenvalue weighted by Gasteiger charge is -2.20. The van der Waals surface area contributed by atoms with E-state index in [-0.39, 0.29) is 6.61 Å². The number of imidazole rings is 1. The summed E-state index contributed by atoms with van der Waals surface area (Å²) < 4.78 is 50.6. The molecule has 0 saturated carbocycles. The first kappa shape index (κ1) is 25.3. The fourth-order valence-electron chi connectivity index (χ4n) is 2.93. The number of para-hydroxylation sites is 1. The second-order valence-electron chi connectivity index (χ2n) is 7.17. The number of hydrogen-bond acceptors (Lipinski definition) is 6. The minimum Gasteiger partial charge on any atom is -0.495 e. The van der Waals surface area contributed by atoms with Crippen LogP contribution in [0.25, 0.3) is 11.8 Å². The summed E-state index contributed by atoms with van der Waals surface area (Å²) in [6, 6.07) is 13.5. The predicted octanol–water partition coefficient (Wildman–Crippen LogP) is 4.13. The van der Waals surface area contributed by atoms with Gasteiger partial charge in [-0.05, 0) is 42.8 Å². The maximum absolute atomic E-state index is 12.7. The Morgan fingerprint density at radius 3 is 2.51 bits per heavy atom. The highest BCUT2D eigenvalue weighted by Gasteiger charge is 2.43. The first-order valence-electron chi connectivity index (χ1n) is 10.3. The van der Waals surface area contributed by atoms with Crippen LogP contribution in [0.4, 0.5) is 13.2 Å². The first-order valence-corrected chi connectivity index (χ1v) is 10.3. The summed E-state index contributed by atoms with van der Waals surface area (Å²) in [5.74, 6) is -2.57. The standard InChI is InChI=1S/C24H22F3N3O5/c1-17-15-29(16-28-17)20-10-8-18(14-21(20)33-2)9-11-22(31)30(35-23(32)24(25,26)27)12-13-34-19-6-4-3-5-7-19/h3-11,14-16H,12-13H2,1-2H3/b11-9+. The summed E-state index contributed by atoms with van der Waals surface area (Å²) in [7, 11) is 1.48. The van der Waals surface area contributed by atoms with E-state index in [2.05, 4.69) is 9.82 Å². The first-order chi connectivity index (χ1) is 16.7. The van der Waals surface area contributed by atoms with Gasteiger partial charge in [-0.2, -0.15) is 18.2 Å². The molecule has 1 aromatic heterocycles. The highest BCUT2D eigenvalue weighted by atomic mass is 19.4. The Labute approximate surface area is 199 Å². The zero-order valence-electron chi connectivity index (χ0n) is 18.9. The smallest absolute Gasteiger partial charge is 0.493 e. The van der Waals surface area contributed by atoms with Gasteiger partial charge in [-0.3, -0.25) is 4.79 Å². The van der Waals surface area contributed by atoms with Gasteiger partial charge in [-0.1, -0.05) is 24.3 Å². The minimum absolute atomic E-state index is 0.207. The molecule has 3 aromatic rings. The number of aryl methyl sites for hydroxylation is 1. The SMILES string of the molecule is COc1cc(/C=C/C(=O)N(CCOc2ccccc2)OC(=O)C(F)(F)F)ccc1-n1cnc(C)c1. The van der Waals surface area contributed by atoms with Gasteiger partial charge >= 0.3 is 12.1 Å². The van der Waals surface area contributed by atoms with E-state index >= 15 is 0 Å². The van der Waals surface area contributed by atoms with Crippen molar-refractivity contribution in [1.29, 1.82) is 0 Å². The van der Waals surface area contributed by atoms with Gasteiger partial charge in [0, 0.05) is 12.3 Å². The average molecular weight is 489 g/mol. The van der Waals surface area contributed by atoms with Gasteiger partial charge in [0.2, 0.25) is 0 Å². The lowest BCUT2D eigenvalue weighted by Crippen LogP contribution is -2.40. The fraction of sp³-hybridized carbons (Fsp3) is 0.208. The molecule has 0 bridgehead atoms. The number of ether oxygens (including phenoxy) is 2. The van der Waals surface area contributed by atoms with Gasteiger partial charge in [0.25, 0.3) is 5.91 Å². The van der Waals surface area contributed by atoms with Crippen molar-refractivity contribution < 1.29 is 37.1 Å². The molecule has 1 amide bonds. The van der Waals surface area contributed by atoms with Crippen molar-refractivity contribution in [2.45, 2.75) is 13.1 Å². The number of nitrogens with zero attached hydrogens (tertiary/aromatic N) is 3. The molecular formula is C24H22F3N3O5. The zero-order chi connectivity index (χ0) is 25.4. The Kier molecular flexibility index (Phi) is 8.13. The molecule has 11 heteroatoms. The number of rotatable bonds is 8. The van der Waals surface area contributed by atoms with E-state index in [0.717, 1.165) is 11.8 Å². The normalized spacial score (nSPS) is 11.3. The van der Waals surface area contributed by atoms with Crippen LogP contribution >= 0.6 is 0 Å². The van der Waals surface area contributed by atoms with E-state index in [4.69, 9.17) is 9.47 Å². The van der Waals surface area contributed by atoms with Crippen LogP contribution in [0.5, 0.6) is 11.5 Å². The van der Waals surface area contributed by atoms with E-state index in [9.17, 15) is 22.8 Å². The van der Waals surface area contributed by atoms with Gasteiger partial charge in [-0.25, -0.2) is 9.78 Å². The Balaban J connectivity index is 1.73. The number of halogens is 3. The maximum atomic E-state index is 12.7. The molecule has 0 spiro atoms. The quantitative estimate of drug-likeness (QED) is 0.350. The molecule has 184 valence electrons. The molecule has 0 radical (unpaired) electrons. The molecule has 0 aliphatic heterocycles. The topological polar surface area (TPSA) is 82.9 Å². The molecule has 0 saturated heterocycles. The number of alkyl halides is 3. The summed E-state index contributed by atoms with van der Waals surface area (Å²) in [5.41, 5.74) is 2.04. The summed E-state index contributed by atoms with van der Waals surface area (Å²) in [6.07, 6.45) is 0.511. The van der Waals surface area contributed by atoms with E-state index in [1.54, 1.807) is 65.6 Å². The monoisotopic (exact) mass is 489 g/mol. The van der Waals surface area contributed by atoms with Crippen LogP contribution in [-0.2, 0) is 14.4 Å². The van der Waals surface area contributed by atoms with E-state index in [0.29, 0.717) is 27.8 Å². The lowest BCUT2D eigenvalue weighted by atomic mass is 10.1. The number of hydroxylamine groups is 2. The Hall–Kier alpha value is -4.28. The van der Waals surface area contributed by atoms with Crippen LogP contribution in [0, 0.1) is 6.92 Å². The molecule has 3 rings (SSSR count). The lowest BCUT2D eigenvalue weighted by molar-refractivity contribution is -0.236. The van der Waals surface area contributed by atoms with Gasteiger partial charge in [0.15, 0.2) is 0 Å².